The van der Waals surface area contributed by atoms with Crippen molar-refractivity contribution in [1.29, 1.82) is 0 Å². The molecule has 0 saturated carbocycles. The lowest BCUT2D eigenvalue weighted by atomic mass is 10.1. The SMILES string of the molecule is C=CC(=O)NCCCc1nc2ccccc2n1CCCCOc1cccc(C)c1C. The highest BCUT2D eigenvalue weighted by Gasteiger charge is 2.10. The van der Waals surface area contributed by atoms with Crippen molar-refractivity contribution in [2.24, 2.45) is 0 Å². The first kappa shape index (κ1) is 21.6. The monoisotopic (exact) mass is 405 g/mol. The van der Waals surface area contributed by atoms with E-state index < -0.39 is 0 Å². The summed E-state index contributed by atoms with van der Waals surface area (Å²) in [5.41, 5.74) is 4.66. The molecule has 0 aliphatic rings. The number of hydrogen-bond donors (Lipinski definition) is 1. The Bertz CT molecular complexity index is 1010. The van der Waals surface area contributed by atoms with Crippen molar-refractivity contribution in [3.63, 3.8) is 0 Å². The van der Waals surface area contributed by atoms with Crippen molar-refractivity contribution in [3.8, 4) is 5.75 Å². The minimum atomic E-state index is -0.132. The number of carbonyl (C=O) groups is 1. The summed E-state index contributed by atoms with van der Waals surface area (Å²) in [5.74, 6) is 1.91. The molecule has 3 rings (SSSR count). The van der Waals surface area contributed by atoms with E-state index in [1.807, 2.05) is 18.2 Å². The molecule has 3 aromatic rings. The van der Waals surface area contributed by atoms with E-state index in [1.165, 1.54) is 17.2 Å². The number of fused-ring (bicyclic) bond motifs is 1. The van der Waals surface area contributed by atoms with Gasteiger partial charge in [0, 0.05) is 19.5 Å². The van der Waals surface area contributed by atoms with Crippen LogP contribution in [0.2, 0.25) is 0 Å². The molecule has 0 radical (unpaired) electrons. The van der Waals surface area contributed by atoms with Gasteiger partial charge in [0.1, 0.15) is 11.6 Å². The Morgan fingerprint density at radius 2 is 1.97 bits per heavy atom. The van der Waals surface area contributed by atoms with E-state index in [-0.39, 0.29) is 5.91 Å². The highest BCUT2D eigenvalue weighted by molar-refractivity contribution is 5.86. The molecular weight excluding hydrogens is 374 g/mol. The molecule has 5 heteroatoms. The topological polar surface area (TPSA) is 56.2 Å². The zero-order valence-corrected chi connectivity index (χ0v) is 18.0. The number of amides is 1. The summed E-state index contributed by atoms with van der Waals surface area (Å²) in [6.45, 7) is 9.93. The molecule has 0 atom stereocenters. The van der Waals surface area contributed by atoms with Crippen LogP contribution in [-0.2, 0) is 17.8 Å². The first-order chi connectivity index (χ1) is 14.6. The van der Waals surface area contributed by atoms with Gasteiger partial charge in [-0.3, -0.25) is 4.79 Å². The summed E-state index contributed by atoms with van der Waals surface area (Å²) in [7, 11) is 0. The zero-order valence-electron chi connectivity index (χ0n) is 18.0. The molecule has 1 heterocycles. The molecule has 2 aromatic carbocycles. The maximum Gasteiger partial charge on any atom is 0.243 e. The number of benzene rings is 2. The minimum Gasteiger partial charge on any atom is -0.493 e. The van der Waals surface area contributed by atoms with E-state index in [0.29, 0.717) is 13.2 Å². The minimum absolute atomic E-state index is 0.132. The summed E-state index contributed by atoms with van der Waals surface area (Å²) in [5, 5.41) is 2.83. The van der Waals surface area contributed by atoms with Gasteiger partial charge in [0.25, 0.3) is 0 Å². The van der Waals surface area contributed by atoms with Crippen molar-refractivity contribution < 1.29 is 9.53 Å². The van der Waals surface area contributed by atoms with Crippen molar-refractivity contribution >= 4 is 16.9 Å². The molecule has 30 heavy (non-hydrogen) atoms. The van der Waals surface area contributed by atoms with Gasteiger partial charge in [-0.2, -0.15) is 0 Å². The second-order valence-corrected chi connectivity index (χ2v) is 7.52. The fourth-order valence-corrected chi connectivity index (χ4v) is 3.53. The van der Waals surface area contributed by atoms with E-state index in [0.717, 1.165) is 54.8 Å². The quantitative estimate of drug-likeness (QED) is 0.370. The average Bonchev–Trinajstić information content (AvgIpc) is 3.11. The predicted octanol–water partition coefficient (Wildman–Crippen LogP) is 4.75. The third-order valence-electron chi connectivity index (χ3n) is 5.38. The van der Waals surface area contributed by atoms with Crippen LogP contribution in [0.4, 0.5) is 0 Å². The molecule has 1 amide bonds. The molecule has 0 unspecified atom stereocenters. The van der Waals surface area contributed by atoms with Crippen LogP contribution >= 0.6 is 0 Å². The van der Waals surface area contributed by atoms with Crippen molar-refractivity contribution in [1.82, 2.24) is 14.9 Å². The van der Waals surface area contributed by atoms with Gasteiger partial charge in [-0.15, -0.1) is 0 Å². The van der Waals surface area contributed by atoms with Gasteiger partial charge in [-0.1, -0.05) is 30.8 Å². The third-order valence-corrected chi connectivity index (χ3v) is 5.38. The molecule has 158 valence electrons. The summed E-state index contributed by atoms with van der Waals surface area (Å²) in [4.78, 5) is 16.1. The number of nitrogens with one attached hydrogen (secondary N) is 1. The Labute approximate surface area is 178 Å². The Kier molecular flexibility index (Phi) is 7.66. The molecule has 0 spiro atoms. The number of rotatable bonds is 11. The number of imidazole rings is 1. The number of unbranched alkanes of at least 4 members (excludes halogenated alkanes) is 1. The lowest BCUT2D eigenvalue weighted by Crippen LogP contribution is -2.22. The second-order valence-electron chi connectivity index (χ2n) is 7.52. The third kappa shape index (κ3) is 5.50. The molecule has 5 nitrogen and oxygen atoms in total. The van der Waals surface area contributed by atoms with Crippen molar-refractivity contribution in [3.05, 3.63) is 72.1 Å². The smallest absolute Gasteiger partial charge is 0.243 e. The molecule has 0 aliphatic carbocycles. The molecule has 0 fully saturated rings. The largest absolute Gasteiger partial charge is 0.493 e. The summed E-state index contributed by atoms with van der Waals surface area (Å²) in [6.07, 6.45) is 4.97. The Hall–Kier alpha value is -3.08. The fraction of sp³-hybridized carbons (Fsp3) is 0.360. The number of hydrogen-bond acceptors (Lipinski definition) is 3. The van der Waals surface area contributed by atoms with E-state index in [4.69, 9.17) is 9.72 Å². The molecule has 0 bridgehead atoms. The molecular formula is C25H31N3O2. The maximum atomic E-state index is 11.3. The van der Waals surface area contributed by atoms with Gasteiger partial charge in [0.2, 0.25) is 5.91 Å². The van der Waals surface area contributed by atoms with Crippen LogP contribution in [0.5, 0.6) is 5.75 Å². The van der Waals surface area contributed by atoms with Crippen LogP contribution in [-0.4, -0.2) is 28.6 Å². The first-order valence-electron chi connectivity index (χ1n) is 10.6. The summed E-state index contributed by atoms with van der Waals surface area (Å²) >= 11 is 0. The molecule has 1 aromatic heterocycles. The average molecular weight is 406 g/mol. The Balaban J connectivity index is 1.55. The van der Waals surface area contributed by atoms with E-state index in [2.05, 4.69) is 54.6 Å². The number of aryl methyl sites for hydroxylation is 3. The van der Waals surface area contributed by atoms with E-state index >= 15 is 0 Å². The lowest BCUT2D eigenvalue weighted by molar-refractivity contribution is -0.116. The number of para-hydroxylation sites is 2. The Morgan fingerprint density at radius 1 is 1.13 bits per heavy atom. The van der Waals surface area contributed by atoms with Crippen LogP contribution in [0.1, 0.15) is 36.2 Å². The highest BCUT2D eigenvalue weighted by atomic mass is 16.5. The normalized spacial score (nSPS) is 10.9. The second kappa shape index (κ2) is 10.6. The van der Waals surface area contributed by atoms with Crippen LogP contribution in [0.25, 0.3) is 11.0 Å². The van der Waals surface area contributed by atoms with Gasteiger partial charge in [-0.25, -0.2) is 4.98 Å². The molecule has 1 N–H and O–H groups in total. The van der Waals surface area contributed by atoms with Crippen LogP contribution in [0.15, 0.2) is 55.1 Å². The van der Waals surface area contributed by atoms with E-state index in [9.17, 15) is 4.79 Å². The van der Waals surface area contributed by atoms with Crippen molar-refractivity contribution in [2.75, 3.05) is 13.2 Å². The van der Waals surface area contributed by atoms with Gasteiger partial charge in [0.15, 0.2) is 0 Å². The fourth-order valence-electron chi connectivity index (χ4n) is 3.53. The standard InChI is InChI=1S/C25H31N3O2/c1-4-25(29)26-16-10-15-24-27-21-12-5-6-13-22(21)28(24)17-7-8-18-30-23-14-9-11-19(2)20(23)3/h4-6,9,11-14H,1,7-8,10,15-18H2,2-3H3,(H,26,29). The van der Waals surface area contributed by atoms with Crippen LogP contribution in [0, 0.1) is 13.8 Å². The summed E-state index contributed by atoms with van der Waals surface area (Å²) in [6, 6.07) is 14.4. The predicted molar refractivity (Wildman–Crippen MR) is 122 cm³/mol. The van der Waals surface area contributed by atoms with Crippen LogP contribution < -0.4 is 10.1 Å². The number of nitrogens with zero attached hydrogens (tertiary/aromatic N) is 2. The van der Waals surface area contributed by atoms with Gasteiger partial charge in [0.05, 0.1) is 17.6 Å². The maximum absolute atomic E-state index is 11.3. The van der Waals surface area contributed by atoms with E-state index in [1.54, 1.807) is 0 Å². The van der Waals surface area contributed by atoms with Gasteiger partial charge >= 0.3 is 0 Å². The van der Waals surface area contributed by atoms with Crippen LogP contribution in [0.3, 0.4) is 0 Å². The molecule has 0 saturated heterocycles. The number of aromatic nitrogens is 2. The Morgan fingerprint density at radius 3 is 2.80 bits per heavy atom. The van der Waals surface area contributed by atoms with Gasteiger partial charge < -0.3 is 14.6 Å². The zero-order chi connectivity index (χ0) is 21.3. The summed E-state index contributed by atoms with van der Waals surface area (Å²) < 4.78 is 8.30. The molecule has 0 aliphatic heterocycles. The van der Waals surface area contributed by atoms with Gasteiger partial charge in [-0.05, 0) is 68.5 Å². The number of ether oxygens (including phenoxy) is 1. The first-order valence-corrected chi connectivity index (χ1v) is 10.6. The van der Waals surface area contributed by atoms with Crippen molar-refractivity contribution in [2.45, 2.75) is 46.1 Å². The number of carbonyl (C=O) groups excluding carboxylic acids is 1. The highest BCUT2D eigenvalue weighted by Crippen LogP contribution is 2.21. The lowest BCUT2D eigenvalue weighted by Gasteiger charge is -2.12.